The molecule has 9 nitrogen and oxygen atoms in total. The van der Waals surface area contributed by atoms with Gasteiger partial charge in [0.15, 0.2) is 0 Å². The van der Waals surface area contributed by atoms with Gasteiger partial charge < -0.3 is 25.5 Å². The van der Waals surface area contributed by atoms with Crippen molar-refractivity contribution in [3.05, 3.63) is 48.3 Å². The number of benzene rings is 1. The van der Waals surface area contributed by atoms with Crippen molar-refractivity contribution in [1.82, 2.24) is 25.5 Å². The number of aliphatic hydroxyl groups is 1. The largest absolute Gasteiger partial charge is 0.388 e. The van der Waals surface area contributed by atoms with Gasteiger partial charge in [-0.1, -0.05) is 30.3 Å². The van der Waals surface area contributed by atoms with E-state index in [9.17, 15) is 9.90 Å². The minimum absolute atomic E-state index is 0. The van der Waals surface area contributed by atoms with Gasteiger partial charge in [-0.25, -0.2) is 14.8 Å². The van der Waals surface area contributed by atoms with Gasteiger partial charge in [-0.05, 0) is 57.6 Å². The third kappa shape index (κ3) is 5.44. The molecule has 4 fully saturated rings. The van der Waals surface area contributed by atoms with Crippen LogP contribution in [0.15, 0.2) is 42.7 Å². The summed E-state index contributed by atoms with van der Waals surface area (Å²) in [7, 11) is 2.04. The number of nitrogens with one attached hydrogen (secondary N) is 2. The third-order valence-electron chi connectivity index (χ3n) is 9.40. The number of anilines is 2. The lowest BCUT2D eigenvalue weighted by molar-refractivity contribution is -0.0690. The summed E-state index contributed by atoms with van der Waals surface area (Å²) in [6, 6.07) is 10.6. The van der Waals surface area contributed by atoms with Crippen LogP contribution < -0.4 is 20.4 Å². The molecule has 4 aliphatic rings. The Balaban J connectivity index is 0.00000176. The summed E-state index contributed by atoms with van der Waals surface area (Å²) in [5.74, 6) is 0.714. The smallest absolute Gasteiger partial charge is 0.325 e. The van der Waals surface area contributed by atoms with E-state index in [2.05, 4.69) is 55.8 Å². The van der Waals surface area contributed by atoms with E-state index in [1.807, 2.05) is 16.8 Å². The highest BCUT2D eigenvalue weighted by Crippen LogP contribution is 2.48. The van der Waals surface area contributed by atoms with E-state index < -0.39 is 5.60 Å². The van der Waals surface area contributed by atoms with Crippen molar-refractivity contribution in [3.8, 4) is 0 Å². The predicted molar refractivity (Wildman–Crippen MR) is 158 cm³/mol. The molecule has 2 aliphatic heterocycles. The highest BCUT2D eigenvalue weighted by molar-refractivity contribution is 5.95. The fourth-order valence-electron chi connectivity index (χ4n) is 6.76. The number of rotatable bonds is 6. The number of hydrogen-bond donors (Lipinski definition) is 3. The summed E-state index contributed by atoms with van der Waals surface area (Å²) in [6.07, 6.45) is 9.75. The average Bonchev–Trinajstić information content (AvgIpc) is 3.20. The second-order valence-corrected chi connectivity index (χ2v) is 11.4. The molecule has 1 aromatic carbocycles. The van der Waals surface area contributed by atoms with Gasteiger partial charge in [-0.15, -0.1) is 24.8 Å². The number of carbonyl (C=O) groups is 1. The number of piperazine rings is 1. The van der Waals surface area contributed by atoms with Crippen LogP contribution >= 0.6 is 24.8 Å². The zero-order valence-electron chi connectivity index (χ0n) is 22.6. The first kappa shape index (κ1) is 29.8. The van der Waals surface area contributed by atoms with E-state index in [0.717, 1.165) is 76.8 Å². The first-order chi connectivity index (χ1) is 18.0. The minimum atomic E-state index is -0.766. The Morgan fingerprint density at radius 2 is 1.62 bits per heavy atom. The highest BCUT2D eigenvalue weighted by atomic mass is 35.5. The molecule has 2 aliphatic carbocycles. The van der Waals surface area contributed by atoms with E-state index in [4.69, 9.17) is 0 Å². The van der Waals surface area contributed by atoms with Crippen molar-refractivity contribution >= 4 is 42.5 Å². The molecular weight excluding hydrogens is 537 g/mol. The number of hydrogen-bond acceptors (Lipinski definition) is 7. The van der Waals surface area contributed by atoms with E-state index in [1.165, 1.54) is 5.56 Å². The first-order valence-electron chi connectivity index (χ1n) is 13.8. The van der Waals surface area contributed by atoms with Crippen LogP contribution in [-0.4, -0.2) is 83.5 Å². The maximum atomic E-state index is 13.9. The quantitative estimate of drug-likeness (QED) is 0.484. The SMILES string of the molecule is CN[C@]1(c2ccccc2)CC[C@@]2(CC1)CN(c1cnc(N3CCNCC3)nc1)C(=O)N2CC1(O)CCC1.Cl.Cl. The molecule has 11 heteroatoms. The second-order valence-electron chi connectivity index (χ2n) is 11.4. The summed E-state index contributed by atoms with van der Waals surface area (Å²) in [5.41, 5.74) is 0.859. The second kappa shape index (κ2) is 11.7. The van der Waals surface area contributed by atoms with Crippen molar-refractivity contribution in [3.63, 3.8) is 0 Å². The molecule has 3 N–H and O–H groups in total. The molecule has 6 rings (SSSR count). The van der Waals surface area contributed by atoms with Gasteiger partial charge >= 0.3 is 6.03 Å². The Hall–Kier alpha value is -2.17. The number of amides is 2. The number of carbonyl (C=O) groups excluding carboxylic acids is 1. The van der Waals surface area contributed by atoms with E-state index in [1.54, 1.807) is 12.4 Å². The topological polar surface area (TPSA) is 96.9 Å². The van der Waals surface area contributed by atoms with Crippen LogP contribution in [0.5, 0.6) is 0 Å². The zero-order valence-corrected chi connectivity index (χ0v) is 24.3. The molecule has 2 amide bonds. The lowest BCUT2D eigenvalue weighted by Crippen LogP contribution is -2.59. The van der Waals surface area contributed by atoms with Crippen molar-refractivity contribution in [2.24, 2.45) is 0 Å². The molecule has 1 spiro atoms. The van der Waals surface area contributed by atoms with Crippen LogP contribution in [0, 0.1) is 0 Å². The monoisotopic (exact) mass is 577 g/mol. The molecule has 214 valence electrons. The summed E-state index contributed by atoms with van der Waals surface area (Å²) < 4.78 is 0. The maximum absolute atomic E-state index is 13.9. The lowest BCUT2D eigenvalue weighted by Gasteiger charge is -2.50. The van der Waals surface area contributed by atoms with E-state index in [-0.39, 0.29) is 41.9 Å². The molecule has 2 saturated carbocycles. The number of aromatic nitrogens is 2. The fraction of sp³-hybridized carbons (Fsp3) is 0.607. The fourth-order valence-corrected chi connectivity index (χ4v) is 6.76. The number of halogens is 2. The summed E-state index contributed by atoms with van der Waals surface area (Å²) >= 11 is 0. The van der Waals surface area contributed by atoms with Crippen molar-refractivity contribution in [2.45, 2.75) is 61.6 Å². The van der Waals surface area contributed by atoms with E-state index >= 15 is 0 Å². The number of urea groups is 1. The Morgan fingerprint density at radius 1 is 0.974 bits per heavy atom. The Labute approximate surface area is 243 Å². The predicted octanol–water partition coefficient (Wildman–Crippen LogP) is 3.31. The molecule has 1 aromatic heterocycles. The maximum Gasteiger partial charge on any atom is 0.325 e. The van der Waals surface area contributed by atoms with Crippen molar-refractivity contribution in [2.75, 3.05) is 56.1 Å². The van der Waals surface area contributed by atoms with Gasteiger partial charge in [0.1, 0.15) is 0 Å². The summed E-state index contributed by atoms with van der Waals surface area (Å²) in [5, 5.41) is 18.1. The Kier molecular flexibility index (Phi) is 8.98. The summed E-state index contributed by atoms with van der Waals surface area (Å²) in [6.45, 7) is 4.62. The van der Waals surface area contributed by atoms with E-state index in [0.29, 0.717) is 19.0 Å². The van der Waals surface area contributed by atoms with Gasteiger partial charge in [0, 0.05) is 31.7 Å². The minimum Gasteiger partial charge on any atom is -0.388 e. The van der Waals surface area contributed by atoms with Crippen molar-refractivity contribution < 1.29 is 9.90 Å². The van der Waals surface area contributed by atoms with Gasteiger partial charge in [0.25, 0.3) is 0 Å². The normalized spacial score (nSPS) is 28.1. The van der Waals surface area contributed by atoms with Crippen molar-refractivity contribution in [1.29, 1.82) is 0 Å². The van der Waals surface area contributed by atoms with Crippen LogP contribution in [0.3, 0.4) is 0 Å². The molecule has 0 unspecified atom stereocenters. The molecule has 2 saturated heterocycles. The number of β-amino-alcohol motifs (C(OH)–C–C–N with tert-alkyl or cyclic N) is 1. The van der Waals surface area contributed by atoms with Crippen LogP contribution in [-0.2, 0) is 5.54 Å². The van der Waals surface area contributed by atoms with Crippen LogP contribution in [0.1, 0.15) is 50.5 Å². The van der Waals surface area contributed by atoms with Crippen LogP contribution in [0.2, 0.25) is 0 Å². The Bertz CT molecular complexity index is 1100. The molecule has 0 atom stereocenters. The van der Waals surface area contributed by atoms with Gasteiger partial charge in [0.2, 0.25) is 5.95 Å². The molecule has 39 heavy (non-hydrogen) atoms. The molecule has 0 bridgehead atoms. The number of nitrogens with zero attached hydrogens (tertiary/aromatic N) is 5. The molecule has 3 heterocycles. The lowest BCUT2D eigenvalue weighted by atomic mass is 9.68. The third-order valence-corrected chi connectivity index (χ3v) is 9.40. The zero-order chi connectivity index (χ0) is 25.5. The first-order valence-corrected chi connectivity index (χ1v) is 13.8. The molecule has 2 aromatic rings. The van der Waals surface area contributed by atoms with Gasteiger partial charge in [-0.2, -0.15) is 0 Å². The standard InChI is InChI=1S/C28H39N7O2.2ClH/c1-29-28(22-6-3-2-4-7-22)12-10-26(11-13-28)20-34(25(36)35(26)21-27(37)8-5-9-27)23-18-31-24(32-19-23)33-16-14-30-15-17-33;;/h2-4,6-7,18-19,29-30,37H,5,8-17,20-21H2,1H3;2*1H/t26-,28-;;. The molecule has 0 radical (unpaired) electrons. The average molecular weight is 579 g/mol. The Morgan fingerprint density at radius 3 is 2.18 bits per heavy atom. The highest BCUT2D eigenvalue weighted by Gasteiger charge is 2.56. The molecular formula is C28H41Cl2N7O2. The summed E-state index contributed by atoms with van der Waals surface area (Å²) in [4.78, 5) is 29.2. The van der Waals surface area contributed by atoms with Crippen LogP contribution in [0.25, 0.3) is 0 Å². The van der Waals surface area contributed by atoms with Gasteiger partial charge in [0.05, 0.1) is 42.3 Å². The van der Waals surface area contributed by atoms with Crippen LogP contribution in [0.4, 0.5) is 16.4 Å². The van der Waals surface area contributed by atoms with Gasteiger partial charge in [-0.3, -0.25) is 4.90 Å².